The maximum absolute atomic E-state index is 13.3. The molecule has 0 saturated carbocycles. The van der Waals surface area contributed by atoms with Crippen LogP contribution in [0.4, 0.5) is 10.1 Å². The quantitative estimate of drug-likeness (QED) is 0.611. The maximum Gasteiger partial charge on any atom is 0.337 e. The third-order valence-corrected chi connectivity index (χ3v) is 4.50. The van der Waals surface area contributed by atoms with Crippen LogP contribution in [0.2, 0.25) is 0 Å². The third-order valence-electron chi connectivity index (χ3n) is 4.50. The summed E-state index contributed by atoms with van der Waals surface area (Å²) in [6.07, 6.45) is 3.57. The Balaban J connectivity index is 1.73. The molecule has 0 saturated heterocycles. The summed E-state index contributed by atoms with van der Waals surface area (Å²) in [5.41, 5.74) is 4.48. The van der Waals surface area contributed by atoms with Crippen LogP contribution >= 0.6 is 0 Å². The predicted molar refractivity (Wildman–Crippen MR) is 99.9 cm³/mol. The summed E-state index contributed by atoms with van der Waals surface area (Å²) >= 11 is 0. The van der Waals surface area contributed by atoms with Crippen molar-refractivity contribution in [3.63, 3.8) is 0 Å². The van der Waals surface area contributed by atoms with Crippen LogP contribution in [0.15, 0.2) is 60.8 Å². The van der Waals surface area contributed by atoms with E-state index in [2.05, 4.69) is 10.3 Å². The number of anilines is 1. The Kier molecular flexibility index (Phi) is 4.08. The number of carbonyl (C=O) groups is 2. The molecule has 3 aromatic rings. The smallest absolute Gasteiger partial charge is 0.337 e. The van der Waals surface area contributed by atoms with E-state index in [1.54, 1.807) is 24.3 Å². The van der Waals surface area contributed by atoms with Gasteiger partial charge in [0, 0.05) is 35.1 Å². The molecule has 0 atom stereocenters. The SMILES string of the molecule is O=C1Nc2cccc(-c3ccc(F)cc3)c2/C1=C/Cc1cc(C(=O)O)c[nH]1. The molecule has 0 spiro atoms. The number of hydrogen-bond donors (Lipinski definition) is 3. The van der Waals surface area contributed by atoms with E-state index < -0.39 is 5.97 Å². The van der Waals surface area contributed by atoms with E-state index in [1.807, 2.05) is 18.2 Å². The molecule has 1 amide bonds. The van der Waals surface area contributed by atoms with Gasteiger partial charge in [-0.3, -0.25) is 4.79 Å². The average molecular weight is 362 g/mol. The molecule has 1 aliphatic heterocycles. The highest BCUT2D eigenvalue weighted by Gasteiger charge is 2.27. The lowest BCUT2D eigenvalue weighted by Crippen LogP contribution is -2.04. The second-order valence-electron chi connectivity index (χ2n) is 6.23. The zero-order chi connectivity index (χ0) is 19.0. The molecule has 0 unspecified atom stereocenters. The zero-order valence-corrected chi connectivity index (χ0v) is 14.1. The fourth-order valence-electron chi connectivity index (χ4n) is 3.21. The minimum Gasteiger partial charge on any atom is -0.478 e. The zero-order valence-electron chi connectivity index (χ0n) is 14.1. The minimum absolute atomic E-state index is 0.173. The Morgan fingerprint density at radius 3 is 2.63 bits per heavy atom. The third kappa shape index (κ3) is 3.13. The lowest BCUT2D eigenvalue weighted by Gasteiger charge is -2.08. The van der Waals surface area contributed by atoms with Gasteiger partial charge in [-0.2, -0.15) is 0 Å². The van der Waals surface area contributed by atoms with Crippen LogP contribution in [-0.2, 0) is 11.2 Å². The van der Waals surface area contributed by atoms with E-state index >= 15 is 0 Å². The molecule has 3 N–H and O–H groups in total. The molecule has 6 heteroatoms. The highest BCUT2D eigenvalue weighted by atomic mass is 19.1. The number of hydrogen-bond acceptors (Lipinski definition) is 2. The second-order valence-corrected chi connectivity index (χ2v) is 6.23. The standard InChI is InChI=1S/C21H15FN2O3/c22-14-6-4-12(5-7-14)16-2-1-3-18-19(16)17(20(25)24-18)9-8-15-10-13(11-23-15)21(26)27/h1-7,9-11,23H,8H2,(H,24,25)(H,26,27)/b17-9-. The first-order valence-electron chi connectivity index (χ1n) is 8.34. The fourth-order valence-corrected chi connectivity index (χ4v) is 3.21. The van der Waals surface area contributed by atoms with Crippen LogP contribution in [0.1, 0.15) is 21.6 Å². The van der Waals surface area contributed by atoms with Crippen molar-refractivity contribution in [1.29, 1.82) is 0 Å². The van der Waals surface area contributed by atoms with Gasteiger partial charge in [-0.1, -0.05) is 30.3 Å². The Morgan fingerprint density at radius 2 is 1.93 bits per heavy atom. The molecule has 2 aromatic carbocycles. The lowest BCUT2D eigenvalue weighted by atomic mass is 9.94. The number of H-pyrrole nitrogens is 1. The number of carboxylic acids is 1. The van der Waals surface area contributed by atoms with E-state index in [0.29, 0.717) is 23.4 Å². The summed E-state index contributed by atoms with van der Waals surface area (Å²) in [7, 11) is 0. The Labute approximate surface area is 154 Å². The van der Waals surface area contributed by atoms with Crippen molar-refractivity contribution in [2.24, 2.45) is 0 Å². The van der Waals surface area contributed by atoms with E-state index in [1.165, 1.54) is 18.3 Å². The number of amides is 1. The summed E-state index contributed by atoms with van der Waals surface area (Å²) in [5, 5.41) is 11.8. The largest absolute Gasteiger partial charge is 0.478 e. The number of benzene rings is 2. The molecule has 4 rings (SSSR count). The fraction of sp³-hybridized carbons (Fsp3) is 0.0476. The highest BCUT2D eigenvalue weighted by Crippen LogP contribution is 2.39. The minimum atomic E-state index is -1.01. The maximum atomic E-state index is 13.3. The summed E-state index contributed by atoms with van der Waals surface area (Å²) in [6, 6.07) is 13.2. The van der Waals surface area contributed by atoms with Crippen LogP contribution in [0.25, 0.3) is 16.7 Å². The first-order chi connectivity index (χ1) is 13.0. The number of fused-ring (bicyclic) bond motifs is 1. The van der Waals surface area contributed by atoms with Crippen molar-refractivity contribution < 1.29 is 19.1 Å². The Bertz CT molecular complexity index is 1080. The first kappa shape index (κ1) is 16.8. The predicted octanol–water partition coefficient (Wildman–Crippen LogP) is 4.10. The molecule has 1 aliphatic rings. The summed E-state index contributed by atoms with van der Waals surface area (Å²) < 4.78 is 13.3. The van der Waals surface area contributed by atoms with Crippen LogP contribution in [0, 0.1) is 5.82 Å². The van der Waals surface area contributed by atoms with E-state index in [9.17, 15) is 14.0 Å². The van der Waals surface area contributed by atoms with Crippen molar-refractivity contribution in [3.05, 3.63) is 83.4 Å². The topological polar surface area (TPSA) is 82.2 Å². The molecule has 5 nitrogen and oxygen atoms in total. The second kappa shape index (κ2) is 6.57. The number of carboxylic acid groups (broad SMARTS) is 1. The van der Waals surface area contributed by atoms with Crippen molar-refractivity contribution in [3.8, 4) is 11.1 Å². The Hall–Kier alpha value is -3.67. The van der Waals surface area contributed by atoms with Crippen molar-refractivity contribution in [2.75, 3.05) is 5.32 Å². The van der Waals surface area contributed by atoms with Gasteiger partial charge in [-0.05, 0) is 35.4 Å². The number of rotatable bonds is 4. The van der Waals surface area contributed by atoms with Gasteiger partial charge < -0.3 is 15.4 Å². The average Bonchev–Trinajstić information content (AvgIpc) is 3.24. The first-order valence-corrected chi connectivity index (χ1v) is 8.34. The highest BCUT2D eigenvalue weighted by molar-refractivity contribution is 6.33. The van der Waals surface area contributed by atoms with Gasteiger partial charge in [0.05, 0.1) is 5.56 Å². The van der Waals surface area contributed by atoms with Crippen LogP contribution < -0.4 is 5.32 Å². The summed E-state index contributed by atoms with van der Waals surface area (Å²) in [5.74, 6) is -1.55. The van der Waals surface area contributed by atoms with Gasteiger partial charge >= 0.3 is 5.97 Å². The van der Waals surface area contributed by atoms with Gasteiger partial charge in [-0.15, -0.1) is 0 Å². The molecular weight excluding hydrogens is 347 g/mol. The van der Waals surface area contributed by atoms with Crippen LogP contribution in [-0.4, -0.2) is 22.0 Å². The lowest BCUT2D eigenvalue weighted by molar-refractivity contribution is -0.110. The normalized spacial score (nSPS) is 14.3. The van der Waals surface area contributed by atoms with Gasteiger partial charge in [0.2, 0.25) is 0 Å². The number of allylic oxidation sites excluding steroid dienone is 1. The number of halogens is 1. The van der Waals surface area contributed by atoms with E-state index in [0.717, 1.165) is 16.7 Å². The van der Waals surface area contributed by atoms with E-state index in [-0.39, 0.29) is 17.3 Å². The van der Waals surface area contributed by atoms with Gasteiger partial charge in [0.25, 0.3) is 5.91 Å². The molecule has 2 heterocycles. The van der Waals surface area contributed by atoms with Crippen molar-refractivity contribution >= 4 is 23.1 Å². The molecule has 27 heavy (non-hydrogen) atoms. The molecule has 0 fully saturated rings. The van der Waals surface area contributed by atoms with Crippen LogP contribution in [0.3, 0.4) is 0 Å². The monoisotopic (exact) mass is 362 g/mol. The van der Waals surface area contributed by atoms with Gasteiger partial charge in [0.15, 0.2) is 0 Å². The van der Waals surface area contributed by atoms with E-state index in [4.69, 9.17) is 5.11 Å². The Morgan fingerprint density at radius 1 is 1.15 bits per heavy atom. The number of aromatic carboxylic acids is 1. The summed E-state index contributed by atoms with van der Waals surface area (Å²) in [6.45, 7) is 0. The number of aromatic amines is 1. The molecule has 134 valence electrons. The van der Waals surface area contributed by atoms with Crippen LogP contribution in [0.5, 0.6) is 0 Å². The number of carbonyl (C=O) groups excluding carboxylic acids is 1. The van der Waals surface area contributed by atoms with Crippen molar-refractivity contribution in [1.82, 2.24) is 4.98 Å². The van der Waals surface area contributed by atoms with Gasteiger partial charge in [-0.25, -0.2) is 9.18 Å². The molecule has 0 aliphatic carbocycles. The molecular formula is C21H15FN2O3. The summed E-state index contributed by atoms with van der Waals surface area (Å²) in [4.78, 5) is 26.4. The van der Waals surface area contributed by atoms with Gasteiger partial charge in [0.1, 0.15) is 5.82 Å². The number of nitrogens with one attached hydrogen (secondary N) is 2. The molecule has 0 bridgehead atoms. The molecule has 0 radical (unpaired) electrons. The number of aromatic nitrogens is 1. The van der Waals surface area contributed by atoms with Crippen molar-refractivity contribution in [2.45, 2.75) is 6.42 Å². The molecule has 1 aromatic heterocycles.